The highest BCUT2D eigenvalue weighted by atomic mass is 19.1. The molecule has 0 aromatic heterocycles. The first-order chi connectivity index (χ1) is 17.9. The Labute approximate surface area is 226 Å². The molecule has 5 unspecified atom stereocenters. The predicted octanol–water partition coefficient (Wildman–Crippen LogP) is 3.98. The molecule has 38 heavy (non-hydrogen) atoms. The highest BCUT2D eigenvalue weighted by Gasteiger charge is 2.44. The molecule has 208 valence electrons. The quantitative estimate of drug-likeness (QED) is 0.524. The third-order valence-electron chi connectivity index (χ3n) is 7.93. The van der Waals surface area contributed by atoms with Crippen molar-refractivity contribution in [3.8, 4) is 6.07 Å². The lowest BCUT2D eigenvalue weighted by Crippen LogP contribution is -2.53. The summed E-state index contributed by atoms with van der Waals surface area (Å²) in [5, 5.41) is 12.6. The van der Waals surface area contributed by atoms with Crippen molar-refractivity contribution in [2.75, 3.05) is 25.5 Å². The zero-order valence-corrected chi connectivity index (χ0v) is 23.3. The van der Waals surface area contributed by atoms with Gasteiger partial charge < -0.3 is 15.1 Å². The highest BCUT2D eigenvalue weighted by Crippen LogP contribution is 2.29. The Bertz CT molecular complexity index is 1010. The number of hydrogen-bond acceptors (Lipinski definition) is 5. The van der Waals surface area contributed by atoms with Gasteiger partial charge in [-0.1, -0.05) is 24.6 Å². The van der Waals surface area contributed by atoms with E-state index in [1.54, 1.807) is 24.3 Å². The van der Waals surface area contributed by atoms with Crippen LogP contribution < -0.4 is 5.32 Å². The summed E-state index contributed by atoms with van der Waals surface area (Å²) in [5.74, 6) is -1.58. The second-order valence-electron chi connectivity index (χ2n) is 11.5. The first-order valence-electron chi connectivity index (χ1n) is 13.7. The normalized spacial score (nSPS) is 24.9. The predicted molar refractivity (Wildman–Crippen MR) is 145 cm³/mol. The van der Waals surface area contributed by atoms with E-state index in [4.69, 9.17) is 0 Å². The van der Waals surface area contributed by atoms with Gasteiger partial charge in [0.2, 0.25) is 17.7 Å². The average molecular weight is 528 g/mol. The van der Waals surface area contributed by atoms with Crippen LogP contribution in [-0.4, -0.2) is 82.4 Å². The van der Waals surface area contributed by atoms with Crippen molar-refractivity contribution in [2.24, 2.45) is 5.92 Å². The monoisotopic (exact) mass is 527 g/mol. The molecule has 2 saturated heterocycles. The van der Waals surface area contributed by atoms with Gasteiger partial charge in [0, 0.05) is 50.7 Å². The number of carbonyl (C=O) groups excluding carboxylic acids is 3. The van der Waals surface area contributed by atoms with Crippen LogP contribution in [-0.2, 0) is 14.4 Å². The first-order valence-corrected chi connectivity index (χ1v) is 13.7. The minimum Gasteiger partial charge on any atom is -0.334 e. The number of nitriles is 1. The van der Waals surface area contributed by atoms with E-state index in [1.165, 1.54) is 37.1 Å². The van der Waals surface area contributed by atoms with Gasteiger partial charge in [0.05, 0.1) is 12.0 Å². The van der Waals surface area contributed by atoms with Crippen LogP contribution in [0.15, 0.2) is 30.3 Å². The van der Waals surface area contributed by atoms with Crippen LogP contribution in [0.25, 0.3) is 0 Å². The summed E-state index contributed by atoms with van der Waals surface area (Å²) < 4.78 is 14.9. The number of halogens is 1. The van der Waals surface area contributed by atoms with E-state index in [9.17, 15) is 24.0 Å². The fourth-order valence-corrected chi connectivity index (χ4v) is 5.69. The summed E-state index contributed by atoms with van der Waals surface area (Å²) >= 11 is 0. The molecule has 0 radical (unpaired) electrons. The number of nitrogens with one attached hydrogen (secondary N) is 1. The third-order valence-corrected chi connectivity index (χ3v) is 7.93. The standard InChI is InChI=1S/C29H42FN5O3/c1-20-10-9-11-21(2)34(20)15-14-26(36)33(5)25(17-29(3,4)30)28(38)35-19-22(16-24(35)18-31)27(37)32-23-12-7-6-8-13-23/h6-8,12-13,20-22,24-25H,9-11,14-17,19H2,1-5H3,(H,32,37). The molecule has 1 N–H and O–H groups in total. The van der Waals surface area contributed by atoms with E-state index < -0.39 is 29.6 Å². The van der Waals surface area contributed by atoms with Crippen LogP contribution in [0.4, 0.5) is 10.1 Å². The smallest absolute Gasteiger partial charge is 0.246 e. The Morgan fingerprint density at radius 1 is 1.18 bits per heavy atom. The summed E-state index contributed by atoms with van der Waals surface area (Å²) in [4.78, 5) is 44.9. The second-order valence-corrected chi connectivity index (χ2v) is 11.5. The molecular formula is C29H42FN5O3. The van der Waals surface area contributed by atoms with Gasteiger partial charge >= 0.3 is 0 Å². The second kappa shape index (κ2) is 12.7. The zero-order valence-electron chi connectivity index (χ0n) is 23.3. The molecule has 0 saturated carbocycles. The maximum absolute atomic E-state index is 14.9. The Morgan fingerprint density at radius 3 is 2.39 bits per heavy atom. The molecule has 2 heterocycles. The lowest BCUT2D eigenvalue weighted by atomic mass is 9.96. The van der Waals surface area contributed by atoms with Gasteiger partial charge in [0.1, 0.15) is 17.8 Å². The Hall–Kier alpha value is -2.99. The molecule has 0 bridgehead atoms. The lowest BCUT2D eigenvalue weighted by molar-refractivity contribution is -0.146. The minimum atomic E-state index is -1.71. The fourth-order valence-electron chi connectivity index (χ4n) is 5.69. The first kappa shape index (κ1) is 29.6. The van der Waals surface area contributed by atoms with Gasteiger partial charge in [-0.15, -0.1) is 0 Å². The van der Waals surface area contributed by atoms with Crippen LogP contribution in [0.5, 0.6) is 0 Å². The third kappa shape index (κ3) is 7.53. The molecule has 9 heteroatoms. The minimum absolute atomic E-state index is 0.0454. The zero-order chi connectivity index (χ0) is 28.0. The molecule has 0 aliphatic carbocycles. The number of likely N-dealkylation sites (tertiary alicyclic amines) is 2. The number of anilines is 1. The number of amides is 3. The maximum Gasteiger partial charge on any atom is 0.246 e. The van der Waals surface area contributed by atoms with Crippen LogP contribution >= 0.6 is 0 Å². The van der Waals surface area contributed by atoms with Gasteiger partial charge in [-0.05, 0) is 59.1 Å². The molecule has 1 aromatic carbocycles. The molecule has 0 spiro atoms. The number of rotatable bonds is 9. The Morgan fingerprint density at radius 2 is 1.82 bits per heavy atom. The molecule has 8 nitrogen and oxygen atoms in total. The Balaban J connectivity index is 1.71. The highest BCUT2D eigenvalue weighted by molar-refractivity contribution is 5.94. The number of carbonyl (C=O) groups is 3. The molecule has 3 rings (SSSR count). The van der Waals surface area contributed by atoms with Crippen LogP contribution in [0.1, 0.15) is 66.2 Å². The van der Waals surface area contributed by atoms with E-state index in [-0.39, 0.29) is 37.6 Å². The van der Waals surface area contributed by atoms with Crippen molar-refractivity contribution in [1.29, 1.82) is 5.26 Å². The topological polar surface area (TPSA) is 96.8 Å². The maximum atomic E-state index is 14.9. The molecule has 1 aromatic rings. The van der Waals surface area contributed by atoms with Gasteiger partial charge in [-0.3, -0.25) is 19.3 Å². The molecule has 2 aliphatic heterocycles. The van der Waals surface area contributed by atoms with E-state index in [2.05, 4.69) is 30.1 Å². The summed E-state index contributed by atoms with van der Waals surface area (Å²) in [7, 11) is 1.54. The Kier molecular flexibility index (Phi) is 9.88. The van der Waals surface area contributed by atoms with E-state index in [0.717, 1.165) is 12.8 Å². The van der Waals surface area contributed by atoms with Crippen molar-refractivity contribution in [2.45, 2.75) is 96.1 Å². The van der Waals surface area contributed by atoms with Crippen LogP contribution in [0.2, 0.25) is 0 Å². The molecule has 3 amide bonds. The SMILES string of the molecule is CC1CCCC(C)N1CCC(=O)N(C)C(CC(C)(C)F)C(=O)N1CC(C(=O)Nc2ccccc2)CC1C#N. The van der Waals surface area contributed by atoms with Gasteiger partial charge in [-0.2, -0.15) is 5.26 Å². The largest absolute Gasteiger partial charge is 0.334 e. The van der Waals surface area contributed by atoms with Crippen molar-refractivity contribution in [3.63, 3.8) is 0 Å². The van der Waals surface area contributed by atoms with Crippen molar-refractivity contribution in [3.05, 3.63) is 30.3 Å². The van der Waals surface area contributed by atoms with Crippen molar-refractivity contribution in [1.82, 2.24) is 14.7 Å². The van der Waals surface area contributed by atoms with Crippen LogP contribution in [0.3, 0.4) is 0 Å². The summed E-state index contributed by atoms with van der Waals surface area (Å²) in [6.45, 7) is 7.72. The van der Waals surface area contributed by atoms with Crippen molar-refractivity contribution >= 4 is 23.4 Å². The summed E-state index contributed by atoms with van der Waals surface area (Å²) in [5.41, 5.74) is -1.08. The number of likely N-dealkylation sites (N-methyl/N-ethyl adjacent to an activating group) is 1. The number of nitrogens with zero attached hydrogens (tertiary/aromatic N) is 4. The number of alkyl halides is 1. The average Bonchev–Trinajstić information content (AvgIpc) is 3.31. The number of piperidine rings is 1. The van der Waals surface area contributed by atoms with Crippen LogP contribution in [0, 0.1) is 17.2 Å². The molecule has 2 fully saturated rings. The molecular weight excluding hydrogens is 485 g/mol. The molecule has 2 aliphatic rings. The van der Waals surface area contributed by atoms with Gasteiger partial charge in [0.25, 0.3) is 0 Å². The van der Waals surface area contributed by atoms with E-state index in [1.807, 2.05) is 6.07 Å². The fraction of sp³-hybridized carbons (Fsp3) is 0.655. The summed E-state index contributed by atoms with van der Waals surface area (Å²) in [6, 6.07) is 10.0. The number of para-hydroxylation sites is 1. The van der Waals surface area contributed by atoms with E-state index in [0.29, 0.717) is 24.3 Å². The van der Waals surface area contributed by atoms with Gasteiger partial charge in [0.15, 0.2) is 0 Å². The lowest BCUT2D eigenvalue weighted by Gasteiger charge is -2.39. The van der Waals surface area contributed by atoms with Crippen molar-refractivity contribution < 1.29 is 18.8 Å². The number of hydrogen-bond donors (Lipinski definition) is 1. The summed E-state index contributed by atoms with van der Waals surface area (Å²) in [6.07, 6.45) is 3.58. The molecule has 5 atom stereocenters. The number of benzene rings is 1. The van der Waals surface area contributed by atoms with Gasteiger partial charge in [-0.25, -0.2) is 4.39 Å². The van der Waals surface area contributed by atoms with E-state index >= 15 is 0 Å².